The first-order chi connectivity index (χ1) is 8.41. The molecule has 94 valence electrons. The van der Waals surface area contributed by atoms with Crippen LogP contribution < -0.4 is 5.73 Å². The second-order valence-corrected chi connectivity index (χ2v) is 4.30. The van der Waals surface area contributed by atoms with Crippen molar-refractivity contribution < 1.29 is 14.4 Å². The Balaban J connectivity index is 2.24. The largest absolute Gasteiger partial charge is 0.398 e. The number of carbonyl (C=O) groups is 3. The molecule has 0 aliphatic carbocycles. The molecule has 2 rings (SSSR count). The van der Waals surface area contributed by atoms with Crippen molar-refractivity contribution in [2.24, 2.45) is 0 Å². The van der Waals surface area contributed by atoms with Crippen LogP contribution in [-0.4, -0.2) is 34.7 Å². The molecule has 1 fully saturated rings. The third-order valence-corrected chi connectivity index (χ3v) is 3.00. The number of nitrogens with zero attached hydrogens (tertiary/aromatic N) is 2. The Kier molecular flexibility index (Phi) is 2.96. The van der Waals surface area contributed by atoms with Crippen LogP contribution in [0.2, 0.25) is 5.02 Å². The number of nitrogen functional groups attached to an aromatic ring is 1. The van der Waals surface area contributed by atoms with E-state index in [1.165, 1.54) is 7.05 Å². The van der Waals surface area contributed by atoms with Gasteiger partial charge in [0.2, 0.25) is 0 Å². The Labute approximate surface area is 108 Å². The Morgan fingerprint density at radius 1 is 1.22 bits per heavy atom. The van der Waals surface area contributed by atoms with Gasteiger partial charge in [-0.1, -0.05) is 17.7 Å². The first kappa shape index (κ1) is 12.4. The minimum Gasteiger partial charge on any atom is -0.398 e. The zero-order chi connectivity index (χ0) is 13.4. The zero-order valence-corrected chi connectivity index (χ0v) is 10.3. The van der Waals surface area contributed by atoms with Gasteiger partial charge in [-0.05, 0) is 17.7 Å². The lowest BCUT2D eigenvalue weighted by molar-refractivity contribution is -0.143. The molecule has 1 saturated heterocycles. The first-order valence-corrected chi connectivity index (χ1v) is 5.47. The minimum atomic E-state index is -0.837. The number of rotatable bonds is 2. The van der Waals surface area contributed by atoms with Crippen LogP contribution >= 0.6 is 11.6 Å². The molecule has 0 aromatic heterocycles. The summed E-state index contributed by atoms with van der Waals surface area (Å²) in [4.78, 5) is 36.1. The molecule has 0 bridgehead atoms. The summed E-state index contributed by atoms with van der Waals surface area (Å²) >= 11 is 5.77. The average molecular weight is 268 g/mol. The molecule has 1 aromatic carbocycles. The van der Waals surface area contributed by atoms with Gasteiger partial charge in [0, 0.05) is 7.05 Å². The number of hydrogen-bond donors (Lipinski definition) is 1. The fourth-order valence-electron chi connectivity index (χ4n) is 1.63. The summed E-state index contributed by atoms with van der Waals surface area (Å²) < 4.78 is 0. The maximum absolute atomic E-state index is 11.6. The first-order valence-electron chi connectivity index (χ1n) is 5.09. The molecule has 0 spiro atoms. The number of anilines is 1. The highest BCUT2D eigenvalue weighted by Crippen LogP contribution is 2.21. The number of imide groups is 2. The lowest BCUT2D eigenvalue weighted by Crippen LogP contribution is -2.31. The maximum Gasteiger partial charge on any atom is 0.334 e. The van der Waals surface area contributed by atoms with E-state index in [9.17, 15) is 14.4 Å². The molecule has 0 atom stereocenters. The monoisotopic (exact) mass is 267 g/mol. The van der Waals surface area contributed by atoms with E-state index in [-0.39, 0.29) is 6.54 Å². The predicted molar refractivity (Wildman–Crippen MR) is 64.6 cm³/mol. The number of benzene rings is 1. The normalized spacial score (nSPS) is 15.8. The van der Waals surface area contributed by atoms with Crippen LogP contribution in [0.4, 0.5) is 10.5 Å². The van der Waals surface area contributed by atoms with Crippen LogP contribution in [0.25, 0.3) is 0 Å². The third-order valence-electron chi connectivity index (χ3n) is 2.65. The summed E-state index contributed by atoms with van der Waals surface area (Å²) in [6, 6.07) is 4.13. The number of amides is 4. The number of nitrogens with two attached hydrogens (primary N) is 1. The standard InChI is InChI=1S/C11H10ClN3O3/c1-14-9(16)10(17)15(11(14)18)5-6-2-3-7(12)8(13)4-6/h2-4H,5,13H2,1H3. The van der Waals surface area contributed by atoms with Crippen molar-refractivity contribution in [1.82, 2.24) is 9.80 Å². The SMILES string of the molecule is CN1C(=O)C(=O)N(Cc2ccc(Cl)c(N)c2)C1=O. The van der Waals surface area contributed by atoms with Crippen LogP contribution in [0, 0.1) is 0 Å². The van der Waals surface area contributed by atoms with Crippen molar-refractivity contribution in [1.29, 1.82) is 0 Å². The Morgan fingerprint density at radius 3 is 2.39 bits per heavy atom. The number of likely N-dealkylation sites (N-methyl/N-ethyl adjacent to an activating group) is 1. The molecule has 6 nitrogen and oxygen atoms in total. The summed E-state index contributed by atoms with van der Waals surface area (Å²) in [7, 11) is 1.26. The molecule has 1 aliphatic heterocycles. The fraction of sp³-hybridized carbons (Fsp3) is 0.182. The van der Waals surface area contributed by atoms with Gasteiger partial charge in [0.05, 0.1) is 17.3 Å². The molecular weight excluding hydrogens is 258 g/mol. The van der Waals surface area contributed by atoms with Crippen LogP contribution in [0.15, 0.2) is 18.2 Å². The van der Waals surface area contributed by atoms with E-state index < -0.39 is 17.8 Å². The van der Waals surface area contributed by atoms with Gasteiger partial charge in [0.15, 0.2) is 0 Å². The Hall–Kier alpha value is -2.08. The molecule has 2 N–H and O–H groups in total. The second-order valence-electron chi connectivity index (χ2n) is 3.89. The molecule has 1 aliphatic rings. The summed E-state index contributed by atoms with van der Waals surface area (Å²) in [5.41, 5.74) is 6.60. The minimum absolute atomic E-state index is 0.00485. The number of hydrogen-bond acceptors (Lipinski definition) is 4. The van der Waals surface area contributed by atoms with Crippen molar-refractivity contribution in [2.45, 2.75) is 6.54 Å². The smallest absolute Gasteiger partial charge is 0.334 e. The number of halogens is 1. The summed E-state index contributed by atoms with van der Waals surface area (Å²) in [6.07, 6.45) is 0. The molecule has 0 radical (unpaired) electrons. The molecule has 18 heavy (non-hydrogen) atoms. The second kappa shape index (κ2) is 4.30. The quantitative estimate of drug-likeness (QED) is 0.489. The van der Waals surface area contributed by atoms with Gasteiger partial charge in [0.1, 0.15) is 0 Å². The van der Waals surface area contributed by atoms with Gasteiger partial charge in [-0.3, -0.25) is 19.4 Å². The molecular formula is C11H10ClN3O3. The average Bonchev–Trinajstić information content (AvgIpc) is 2.52. The highest BCUT2D eigenvalue weighted by molar-refractivity contribution is 6.44. The molecule has 1 heterocycles. The molecule has 4 amide bonds. The molecule has 0 saturated carbocycles. The van der Waals surface area contributed by atoms with Gasteiger partial charge in [0.25, 0.3) is 0 Å². The fourth-order valence-corrected chi connectivity index (χ4v) is 1.74. The number of carbonyl (C=O) groups excluding carboxylic acids is 3. The predicted octanol–water partition coefficient (Wildman–Crippen LogP) is 0.843. The van der Waals surface area contributed by atoms with Gasteiger partial charge in [-0.25, -0.2) is 4.79 Å². The van der Waals surface area contributed by atoms with Crippen LogP contribution in [0.1, 0.15) is 5.56 Å². The van der Waals surface area contributed by atoms with Gasteiger partial charge < -0.3 is 5.73 Å². The van der Waals surface area contributed by atoms with Crippen molar-refractivity contribution in [3.8, 4) is 0 Å². The molecule has 1 aromatic rings. The summed E-state index contributed by atoms with van der Waals surface area (Å²) in [5, 5.41) is 0.394. The Bertz CT molecular complexity index is 558. The highest BCUT2D eigenvalue weighted by Gasteiger charge is 2.41. The van der Waals surface area contributed by atoms with Crippen LogP contribution in [-0.2, 0) is 16.1 Å². The number of urea groups is 1. The zero-order valence-electron chi connectivity index (χ0n) is 9.51. The van der Waals surface area contributed by atoms with E-state index in [1.54, 1.807) is 18.2 Å². The topological polar surface area (TPSA) is 83.7 Å². The van der Waals surface area contributed by atoms with Gasteiger partial charge in [-0.15, -0.1) is 0 Å². The van der Waals surface area contributed by atoms with Gasteiger partial charge >= 0.3 is 17.8 Å². The highest BCUT2D eigenvalue weighted by atomic mass is 35.5. The van der Waals surface area contributed by atoms with Crippen molar-refractivity contribution in [3.63, 3.8) is 0 Å². The van der Waals surface area contributed by atoms with Crippen molar-refractivity contribution >= 4 is 35.1 Å². The van der Waals surface area contributed by atoms with Crippen LogP contribution in [0.5, 0.6) is 0 Å². The van der Waals surface area contributed by atoms with E-state index in [2.05, 4.69) is 0 Å². The van der Waals surface area contributed by atoms with Gasteiger partial charge in [-0.2, -0.15) is 0 Å². The van der Waals surface area contributed by atoms with Crippen molar-refractivity contribution in [2.75, 3.05) is 12.8 Å². The molecule has 7 heteroatoms. The molecule has 0 unspecified atom stereocenters. The lowest BCUT2D eigenvalue weighted by atomic mass is 10.2. The van der Waals surface area contributed by atoms with E-state index in [4.69, 9.17) is 17.3 Å². The summed E-state index contributed by atoms with van der Waals surface area (Å²) in [6.45, 7) is -0.00485. The van der Waals surface area contributed by atoms with E-state index >= 15 is 0 Å². The lowest BCUT2D eigenvalue weighted by Gasteiger charge is -2.13. The maximum atomic E-state index is 11.6. The van der Waals surface area contributed by atoms with Crippen molar-refractivity contribution in [3.05, 3.63) is 28.8 Å². The van der Waals surface area contributed by atoms with Crippen LogP contribution in [0.3, 0.4) is 0 Å². The summed E-state index contributed by atoms with van der Waals surface area (Å²) in [5.74, 6) is -1.67. The van der Waals surface area contributed by atoms with E-state index in [1.807, 2.05) is 0 Å². The third kappa shape index (κ3) is 1.91. The Morgan fingerprint density at radius 2 is 1.89 bits per heavy atom. The van der Waals surface area contributed by atoms with E-state index in [0.29, 0.717) is 16.3 Å². The van der Waals surface area contributed by atoms with E-state index in [0.717, 1.165) is 9.80 Å².